The molecule has 4 rings (SSSR count). The molecule has 1 unspecified atom stereocenters. The second kappa shape index (κ2) is 8.54. The molecule has 28 heavy (non-hydrogen) atoms. The molecule has 2 aromatic carbocycles. The van der Waals surface area contributed by atoms with Crippen LogP contribution < -0.4 is 5.32 Å². The summed E-state index contributed by atoms with van der Waals surface area (Å²) in [6.45, 7) is 4.71. The van der Waals surface area contributed by atoms with Gasteiger partial charge in [0.2, 0.25) is 0 Å². The second-order valence-corrected chi connectivity index (χ2v) is 7.59. The van der Waals surface area contributed by atoms with Crippen molar-refractivity contribution in [1.82, 2.24) is 25.3 Å². The highest BCUT2D eigenvalue weighted by Crippen LogP contribution is 2.15. The first kappa shape index (κ1) is 18.7. The minimum Gasteiger partial charge on any atom is -0.345 e. The Balaban J connectivity index is 1.41. The summed E-state index contributed by atoms with van der Waals surface area (Å²) in [7, 11) is 2.11. The van der Waals surface area contributed by atoms with Gasteiger partial charge in [-0.15, -0.1) is 0 Å². The third-order valence-electron chi connectivity index (χ3n) is 5.39. The van der Waals surface area contributed by atoms with Crippen LogP contribution in [0.25, 0.3) is 10.9 Å². The van der Waals surface area contributed by atoms with Gasteiger partial charge in [-0.1, -0.05) is 48.5 Å². The van der Waals surface area contributed by atoms with Gasteiger partial charge in [0.15, 0.2) is 5.69 Å². The average molecular weight is 377 g/mol. The van der Waals surface area contributed by atoms with Crippen molar-refractivity contribution in [2.24, 2.45) is 0 Å². The van der Waals surface area contributed by atoms with Gasteiger partial charge in [0.25, 0.3) is 5.91 Å². The summed E-state index contributed by atoms with van der Waals surface area (Å²) in [6, 6.07) is 18.4. The van der Waals surface area contributed by atoms with Crippen molar-refractivity contribution in [2.75, 3.05) is 39.8 Å². The lowest BCUT2D eigenvalue weighted by atomic mass is 10.1. The molecule has 1 saturated heterocycles. The van der Waals surface area contributed by atoms with E-state index in [1.54, 1.807) is 0 Å². The fourth-order valence-corrected chi connectivity index (χ4v) is 3.86. The van der Waals surface area contributed by atoms with Gasteiger partial charge in [0.05, 0.1) is 11.6 Å². The highest BCUT2D eigenvalue weighted by Gasteiger charge is 2.24. The van der Waals surface area contributed by atoms with Crippen LogP contribution in [0.2, 0.25) is 0 Å². The van der Waals surface area contributed by atoms with Crippen LogP contribution in [-0.2, 0) is 6.42 Å². The Labute approximate surface area is 165 Å². The highest BCUT2D eigenvalue weighted by atomic mass is 16.2. The largest absolute Gasteiger partial charge is 0.345 e. The summed E-state index contributed by atoms with van der Waals surface area (Å²) in [5.74, 6) is -0.110. The molecule has 1 atom stereocenters. The van der Waals surface area contributed by atoms with E-state index in [2.05, 4.69) is 62.7 Å². The fraction of sp³-hybridized carbons (Fsp3) is 0.364. The van der Waals surface area contributed by atoms with E-state index in [4.69, 9.17) is 0 Å². The first-order valence-electron chi connectivity index (χ1n) is 9.88. The van der Waals surface area contributed by atoms with Gasteiger partial charge in [-0.05, 0) is 25.1 Å². The molecule has 0 bridgehead atoms. The van der Waals surface area contributed by atoms with Crippen molar-refractivity contribution < 1.29 is 4.79 Å². The smallest absolute Gasteiger partial charge is 0.272 e. The molecular formula is C22H27N5O. The Bertz CT molecular complexity index is 923. The number of nitrogens with zero attached hydrogens (tertiary/aromatic N) is 3. The zero-order chi connectivity index (χ0) is 19.3. The Morgan fingerprint density at radius 1 is 1.11 bits per heavy atom. The van der Waals surface area contributed by atoms with Crippen molar-refractivity contribution in [1.29, 1.82) is 0 Å². The molecule has 1 aliphatic rings. The predicted molar refractivity (Wildman–Crippen MR) is 111 cm³/mol. The molecule has 0 radical (unpaired) electrons. The average Bonchev–Trinajstić information content (AvgIpc) is 3.06. The maximum absolute atomic E-state index is 12.9. The van der Waals surface area contributed by atoms with E-state index < -0.39 is 0 Å². The van der Waals surface area contributed by atoms with Crippen LogP contribution >= 0.6 is 0 Å². The van der Waals surface area contributed by atoms with E-state index in [1.165, 1.54) is 5.56 Å². The number of likely N-dealkylation sites (N-methyl/N-ethyl adjacent to an activating group) is 1. The van der Waals surface area contributed by atoms with E-state index >= 15 is 0 Å². The van der Waals surface area contributed by atoms with Gasteiger partial charge in [0.1, 0.15) is 0 Å². The van der Waals surface area contributed by atoms with Crippen molar-refractivity contribution in [3.05, 3.63) is 65.9 Å². The minimum atomic E-state index is -0.110. The fourth-order valence-electron chi connectivity index (χ4n) is 3.86. The summed E-state index contributed by atoms with van der Waals surface area (Å²) >= 11 is 0. The Hall–Kier alpha value is -2.70. The first-order chi connectivity index (χ1) is 13.7. The predicted octanol–water partition coefficient (Wildman–Crippen LogP) is 2.15. The van der Waals surface area contributed by atoms with Crippen LogP contribution in [0.15, 0.2) is 54.6 Å². The van der Waals surface area contributed by atoms with Gasteiger partial charge in [0, 0.05) is 38.1 Å². The number of nitrogens with one attached hydrogen (secondary N) is 2. The number of rotatable bonds is 5. The second-order valence-electron chi connectivity index (χ2n) is 7.59. The summed E-state index contributed by atoms with van der Waals surface area (Å²) < 4.78 is 0. The molecule has 0 aliphatic carbocycles. The van der Waals surface area contributed by atoms with E-state index in [0.717, 1.165) is 50.0 Å². The number of aromatic amines is 1. The molecule has 1 aromatic heterocycles. The van der Waals surface area contributed by atoms with Gasteiger partial charge in [-0.2, -0.15) is 5.10 Å². The van der Waals surface area contributed by atoms with Crippen molar-refractivity contribution >= 4 is 16.8 Å². The van der Waals surface area contributed by atoms with Gasteiger partial charge in [-0.25, -0.2) is 0 Å². The third-order valence-corrected chi connectivity index (χ3v) is 5.39. The zero-order valence-electron chi connectivity index (χ0n) is 16.3. The van der Waals surface area contributed by atoms with Crippen LogP contribution in [0.4, 0.5) is 0 Å². The topological polar surface area (TPSA) is 64.3 Å². The Morgan fingerprint density at radius 3 is 2.75 bits per heavy atom. The minimum absolute atomic E-state index is 0.0752. The number of carbonyl (C=O) groups excluding carboxylic acids is 1. The Morgan fingerprint density at radius 2 is 1.89 bits per heavy atom. The van der Waals surface area contributed by atoms with Crippen LogP contribution in [0.5, 0.6) is 0 Å². The molecular weight excluding hydrogens is 350 g/mol. The molecule has 146 valence electrons. The first-order valence-corrected chi connectivity index (χ1v) is 9.88. The summed E-state index contributed by atoms with van der Waals surface area (Å²) in [5, 5.41) is 11.2. The summed E-state index contributed by atoms with van der Waals surface area (Å²) in [5.41, 5.74) is 2.71. The maximum Gasteiger partial charge on any atom is 0.272 e. The molecule has 1 fully saturated rings. The number of hydrogen-bond donors (Lipinski definition) is 2. The highest BCUT2D eigenvalue weighted by molar-refractivity contribution is 6.04. The number of carbonyl (C=O) groups is 1. The van der Waals surface area contributed by atoms with Crippen LogP contribution in [0, 0.1) is 0 Å². The number of H-pyrrole nitrogens is 1. The molecule has 2 heterocycles. The van der Waals surface area contributed by atoms with E-state index in [-0.39, 0.29) is 11.9 Å². The lowest BCUT2D eigenvalue weighted by Gasteiger charge is -2.24. The quantitative estimate of drug-likeness (QED) is 0.715. The molecule has 6 nitrogen and oxygen atoms in total. The molecule has 3 aromatic rings. The number of hydrogen-bond acceptors (Lipinski definition) is 4. The van der Waals surface area contributed by atoms with Crippen molar-refractivity contribution in [3.8, 4) is 0 Å². The van der Waals surface area contributed by atoms with Crippen LogP contribution in [0.3, 0.4) is 0 Å². The maximum atomic E-state index is 12.9. The van der Waals surface area contributed by atoms with Crippen LogP contribution in [-0.4, -0.2) is 71.7 Å². The van der Waals surface area contributed by atoms with Crippen molar-refractivity contribution in [3.63, 3.8) is 0 Å². The van der Waals surface area contributed by atoms with Gasteiger partial charge in [-0.3, -0.25) is 14.8 Å². The normalized spacial score (nSPS) is 18.8. The molecule has 0 saturated carbocycles. The monoisotopic (exact) mass is 377 g/mol. The summed E-state index contributed by atoms with van der Waals surface area (Å²) in [4.78, 5) is 17.6. The number of amides is 1. The SMILES string of the molecule is CN1CCN(CCc2ccccc2)CC(NC(=O)c2n[nH]c3ccccc23)C1. The lowest BCUT2D eigenvalue weighted by Crippen LogP contribution is -2.46. The number of aromatic nitrogens is 2. The van der Waals surface area contributed by atoms with Gasteiger partial charge >= 0.3 is 0 Å². The molecule has 1 aliphatic heterocycles. The summed E-state index contributed by atoms with van der Waals surface area (Å²) in [6.07, 6.45) is 1.02. The van der Waals surface area contributed by atoms with E-state index in [1.807, 2.05) is 24.3 Å². The molecule has 0 spiro atoms. The third kappa shape index (κ3) is 4.40. The van der Waals surface area contributed by atoms with Crippen LogP contribution in [0.1, 0.15) is 16.1 Å². The lowest BCUT2D eigenvalue weighted by molar-refractivity contribution is 0.0921. The van der Waals surface area contributed by atoms with E-state index in [9.17, 15) is 4.79 Å². The molecule has 1 amide bonds. The molecule has 6 heteroatoms. The number of fused-ring (bicyclic) bond motifs is 1. The standard InChI is InChI=1S/C22H27N5O/c1-26-13-14-27(12-11-17-7-3-2-4-8-17)16-18(15-26)23-22(28)21-19-9-5-6-10-20(19)24-25-21/h2-10,18H,11-16H2,1H3,(H,23,28)(H,24,25). The molecule has 2 N–H and O–H groups in total. The zero-order valence-corrected chi connectivity index (χ0v) is 16.3. The van der Waals surface area contributed by atoms with E-state index in [0.29, 0.717) is 5.69 Å². The Kier molecular flexibility index (Phi) is 5.69. The van der Waals surface area contributed by atoms with Gasteiger partial charge < -0.3 is 10.2 Å². The number of para-hydroxylation sites is 1. The number of benzene rings is 2. The van der Waals surface area contributed by atoms with Crippen molar-refractivity contribution in [2.45, 2.75) is 12.5 Å².